The van der Waals surface area contributed by atoms with Gasteiger partial charge < -0.3 is 9.84 Å². The van der Waals surface area contributed by atoms with Gasteiger partial charge in [-0.15, -0.1) is 0 Å². The van der Waals surface area contributed by atoms with E-state index in [1.807, 2.05) is 6.07 Å². The van der Waals surface area contributed by atoms with Crippen LogP contribution in [0.25, 0.3) is 0 Å². The summed E-state index contributed by atoms with van der Waals surface area (Å²) in [6.45, 7) is 8.59. The molecule has 2 aliphatic carbocycles. The normalized spacial score (nSPS) is 32.2. The van der Waals surface area contributed by atoms with Gasteiger partial charge in [0, 0.05) is 0 Å². The predicted octanol–water partition coefficient (Wildman–Crippen LogP) is 4.70. The number of fused-ring (bicyclic) bond motifs is 3. The van der Waals surface area contributed by atoms with Crippen LogP contribution in [0.1, 0.15) is 76.0 Å². The van der Waals surface area contributed by atoms with Gasteiger partial charge in [-0.25, -0.2) is 0 Å². The number of hydrogen-bond acceptors (Lipinski definition) is 3. The Morgan fingerprint density at radius 1 is 1.29 bits per heavy atom. The minimum absolute atomic E-state index is 0.0677. The fourth-order valence-corrected chi connectivity index (χ4v) is 5.46. The van der Waals surface area contributed by atoms with Gasteiger partial charge in [0.25, 0.3) is 0 Å². The average molecular weight is 330 g/mol. The molecule has 1 N–H and O–H groups in total. The maximum absolute atomic E-state index is 12.5. The summed E-state index contributed by atoms with van der Waals surface area (Å²) >= 11 is 0. The highest BCUT2D eigenvalue weighted by Crippen LogP contribution is 2.58. The molecule has 3 atom stereocenters. The minimum Gasteiger partial charge on any atom is -0.508 e. The van der Waals surface area contributed by atoms with Crippen molar-refractivity contribution in [1.29, 1.82) is 0 Å². The van der Waals surface area contributed by atoms with E-state index in [0.29, 0.717) is 11.7 Å². The number of carbonyl (C=O) groups is 1. The standard InChI is InChI=1S/C21H30O3/c1-13(2)15-11-14-7-8-18-20(3,16(14)12-17(15)22)9-6-10-21(18,4)19(23)24-5/h11-13,18,22H,6-10H2,1-5H3/t18-,20+,21-/m1/s1. The molecule has 132 valence electrons. The number of carbonyl (C=O) groups excluding carboxylic acids is 1. The summed E-state index contributed by atoms with van der Waals surface area (Å²) in [7, 11) is 1.50. The highest BCUT2D eigenvalue weighted by atomic mass is 16.5. The molecule has 0 spiro atoms. The Morgan fingerprint density at radius 3 is 2.62 bits per heavy atom. The lowest BCUT2D eigenvalue weighted by Gasteiger charge is -2.54. The summed E-state index contributed by atoms with van der Waals surface area (Å²) in [6.07, 6.45) is 4.97. The second-order valence-electron chi connectivity index (χ2n) is 8.49. The largest absolute Gasteiger partial charge is 0.508 e. The Bertz CT molecular complexity index is 663. The van der Waals surface area contributed by atoms with E-state index in [0.717, 1.165) is 37.7 Å². The Labute approximate surface area is 145 Å². The Morgan fingerprint density at radius 2 is 2.00 bits per heavy atom. The molecule has 2 aliphatic rings. The van der Waals surface area contributed by atoms with Crippen molar-refractivity contribution in [1.82, 2.24) is 0 Å². The summed E-state index contributed by atoms with van der Waals surface area (Å²) in [5.74, 6) is 0.899. The molecule has 0 unspecified atom stereocenters. The first-order valence-corrected chi connectivity index (χ1v) is 9.18. The van der Waals surface area contributed by atoms with Gasteiger partial charge in [0.15, 0.2) is 0 Å². The zero-order valence-electron chi connectivity index (χ0n) is 15.6. The number of benzene rings is 1. The van der Waals surface area contributed by atoms with Gasteiger partial charge in [0.1, 0.15) is 5.75 Å². The van der Waals surface area contributed by atoms with Gasteiger partial charge in [-0.2, -0.15) is 0 Å². The number of ether oxygens (including phenoxy) is 1. The van der Waals surface area contributed by atoms with Crippen molar-refractivity contribution in [2.24, 2.45) is 11.3 Å². The number of aromatic hydroxyl groups is 1. The first-order chi connectivity index (χ1) is 11.2. The van der Waals surface area contributed by atoms with Crippen LogP contribution in [-0.4, -0.2) is 18.2 Å². The van der Waals surface area contributed by atoms with E-state index in [2.05, 4.69) is 33.8 Å². The van der Waals surface area contributed by atoms with Crippen LogP contribution in [-0.2, 0) is 21.4 Å². The van der Waals surface area contributed by atoms with Crippen LogP contribution in [0.15, 0.2) is 12.1 Å². The van der Waals surface area contributed by atoms with Crippen LogP contribution in [0.3, 0.4) is 0 Å². The van der Waals surface area contributed by atoms with Crippen molar-refractivity contribution in [2.75, 3.05) is 7.11 Å². The van der Waals surface area contributed by atoms with Crippen molar-refractivity contribution in [3.8, 4) is 5.75 Å². The van der Waals surface area contributed by atoms with E-state index in [9.17, 15) is 9.90 Å². The van der Waals surface area contributed by atoms with E-state index < -0.39 is 5.41 Å². The molecule has 0 aromatic heterocycles. The summed E-state index contributed by atoms with van der Waals surface area (Å²) in [5, 5.41) is 10.5. The zero-order valence-corrected chi connectivity index (χ0v) is 15.6. The summed E-state index contributed by atoms with van der Waals surface area (Å²) < 4.78 is 5.16. The third kappa shape index (κ3) is 2.35. The average Bonchev–Trinajstić information content (AvgIpc) is 2.53. The molecule has 1 aromatic carbocycles. The van der Waals surface area contributed by atoms with Gasteiger partial charge in [0.05, 0.1) is 12.5 Å². The molecule has 1 aromatic rings. The zero-order chi connectivity index (χ0) is 17.7. The van der Waals surface area contributed by atoms with E-state index in [-0.39, 0.29) is 17.3 Å². The molecule has 24 heavy (non-hydrogen) atoms. The maximum Gasteiger partial charge on any atom is 0.311 e. The van der Waals surface area contributed by atoms with E-state index in [1.165, 1.54) is 18.2 Å². The molecule has 0 heterocycles. The molecule has 0 saturated heterocycles. The smallest absolute Gasteiger partial charge is 0.311 e. The third-order valence-corrected chi connectivity index (χ3v) is 6.77. The quantitative estimate of drug-likeness (QED) is 0.800. The molecule has 1 saturated carbocycles. The second-order valence-corrected chi connectivity index (χ2v) is 8.49. The van der Waals surface area contributed by atoms with E-state index in [1.54, 1.807) is 0 Å². The van der Waals surface area contributed by atoms with Crippen molar-refractivity contribution in [2.45, 2.75) is 71.1 Å². The lowest BCUT2D eigenvalue weighted by molar-refractivity contribution is -0.161. The highest BCUT2D eigenvalue weighted by Gasteiger charge is 2.55. The maximum atomic E-state index is 12.5. The lowest BCUT2D eigenvalue weighted by Crippen LogP contribution is -2.52. The van der Waals surface area contributed by atoms with Crippen LogP contribution < -0.4 is 0 Å². The van der Waals surface area contributed by atoms with Crippen molar-refractivity contribution in [3.05, 3.63) is 28.8 Å². The van der Waals surface area contributed by atoms with Crippen molar-refractivity contribution in [3.63, 3.8) is 0 Å². The molecule has 0 bridgehead atoms. The summed E-state index contributed by atoms with van der Waals surface area (Å²) in [6, 6.07) is 4.18. The number of esters is 1. The summed E-state index contributed by atoms with van der Waals surface area (Å²) in [4.78, 5) is 12.5. The van der Waals surface area contributed by atoms with Gasteiger partial charge in [0.2, 0.25) is 0 Å². The van der Waals surface area contributed by atoms with E-state index in [4.69, 9.17) is 4.74 Å². The molecule has 3 nitrogen and oxygen atoms in total. The van der Waals surface area contributed by atoms with Gasteiger partial charge >= 0.3 is 5.97 Å². The highest BCUT2D eigenvalue weighted by molar-refractivity contribution is 5.77. The SMILES string of the molecule is COC(=O)[C@]1(C)CCC[C@@]2(C)c3cc(O)c(C(C)C)cc3CC[C@@H]12. The fourth-order valence-electron chi connectivity index (χ4n) is 5.46. The summed E-state index contributed by atoms with van der Waals surface area (Å²) in [5.41, 5.74) is 3.13. The topological polar surface area (TPSA) is 46.5 Å². The molecular formula is C21H30O3. The fraction of sp³-hybridized carbons (Fsp3) is 0.667. The number of phenols is 1. The van der Waals surface area contributed by atoms with Crippen LogP contribution >= 0.6 is 0 Å². The minimum atomic E-state index is -0.425. The first kappa shape index (κ1) is 17.3. The number of methoxy groups -OCH3 is 1. The van der Waals surface area contributed by atoms with E-state index >= 15 is 0 Å². The molecule has 3 rings (SSSR count). The van der Waals surface area contributed by atoms with Crippen LogP contribution in [0.5, 0.6) is 5.75 Å². The Hall–Kier alpha value is -1.51. The van der Waals surface area contributed by atoms with Crippen molar-refractivity contribution >= 4 is 5.97 Å². The monoisotopic (exact) mass is 330 g/mol. The Kier molecular flexibility index (Phi) is 4.17. The Balaban J connectivity index is 2.11. The predicted molar refractivity (Wildman–Crippen MR) is 95.3 cm³/mol. The van der Waals surface area contributed by atoms with Crippen LogP contribution in [0.4, 0.5) is 0 Å². The molecular weight excluding hydrogens is 300 g/mol. The number of hydrogen-bond donors (Lipinski definition) is 1. The van der Waals surface area contributed by atoms with Crippen molar-refractivity contribution < 1.29 is 14.6 Å². The number of aryl methyl sites for hydroxylation is 1. The first-order valence-electron chi connectivity index (χ1n) is 9.18. The van der Waals surface area contributed by atoms with Crippen LogP contribution in [0.2, 0.25) is 0 Å². The van der Waals surface area contributed by atoms with Gasteiger partial charge in [-0.3, -0.25) is 4.79 Å². The van der Waals surface area contributed by atoms with Crippen LogP contribution in [0, 0.1) is 11.3 Å². The molecule has 0 amide bonds. The molecule has 3 heteroatoms. The molecule has 0 radical (unpaired) electrons. The van der Waals surface area contributed by atoms with Gasteiger partial charge in [-0.1, -0.05) is 33.3 Å². The lowest BCUT2D eigenvalue weighted by atomic mass is 9.49. The second kappa shape index (κ2) is 5.79. The number of phenolic OH excluding ortho intramolecular Hbond substituents is 1. The van der Waals surface area contributed by atoms with Gasteiger partial charge in [-0.05, 0) is 72.6 Å². The third-order valence-electron chi connectivity index (χ3n) is 6.77. The molecule has 1 fully saturated rings. The molecule has 0 aliphatic heterocycles. The number of rotatable bonds is 2.